The lowest BCUT2D eigenvalue weighted by Gasteiger charge is -2.38. The molecule has 0 N–H and O–H groups in total. The maximum atomic E-state index is 6.11. The Bertz CT molecular complexity index is 254. The Labute approximate surface area is 102 Å². The zero-order valence-electron chi connectivity index (χ0n) is 12.4. The molecule has 0 spiro atoms. The van der Waals surface area contributed by atoms with Crippen LogP contribution in [0.15, 0.2) is 12.0 Å². The summed E-state index contributed by atoms with van der Waals surface area (Å²) in [5.74, 6) is 0.666. The van der Waals surface area contributed by atoms with E-state index in [1.54, 1.807) is 0 Å². The average molecular weight is 244 g/mol. The maximum absolute atomic E-state index is 6.11. The highest BCUT2D eigenvalue weighted by Crippen LogP contribution is 2.38. The van der Waals surface area contributed by atoms with Gasteiger partial charge >= 0.3 is 0 Å². The predicted molar refractivity (Wildman–Crippen MR) is 72.9 cm³/mol. The Kier molecular flexibility index (Phi) is 4.69. The summed E-state index contributed by atoms with van der Waals surface area (Å²) in [6.45, 7) is 19.2. The van der Waals surface area contributed by atoms with Gasteiger partial charge < -0.3 is 9.16 Å². The van der Waals surface area contributed by atoms with Crippen molar-refractivity contribution >= 4 is 8.32 Å². The van der Waals surface area contributed by atoms with E-state index in [0.717, 1.165) is 0 Å². The third kappa shape index (κ3) is 5.06. The molecule has 2 nitrogen and oxygen atoms in total. The van der Waals surface area contributed by atoms with E-state index < -0.39 is 8.32 Å². The van der Waals surface area contributed by atoms with Crippen molar-refractivity contribution in [1.82, 2.24) is 0 Å². The van der Waals surface area contributed by atoms with E-state index in [0.29, 0.717) is 5.95 Å². The van der Waals surface area contributed by atoms with E-state index >= 15 is 0 Å². The minimum Gasteiger partial charge on any atom is -0.519 e. The molecule has 96 valence electrons. The fourth-order valence-electron chi connectivity index (χ4n) is 0.845. The second-order valence-electron chi connectivity index (χ2n) is 6.68. The van der Waals surface area contributed by atoms with E-state index in [4.69, 9.17) is 9.16 Å². The Balaban J connectivity index is 4.70. The molecule has 0 fully saturated rings. The van der Waals surface area contributed by atoms with Crippen LogP contribution in [0, 0.1) is 0 Å². The predicted octanol–water partition coefficient (Wildman–Crippen LogP) is 4.68. The number of rotatable bonds is 3. The SMILES string of the molecule is C/C=C(/OC(C)(C)C)O[Si](C)(C)C(C)(C)C. The Morgan fingerprint density at radius 1 is 1.00 bits per heavy atom. The minimum atomic E-state index is -1.78. The van der Waals surface area contributed by atoms with Gasteiger partial charge in [0.1, 0.15) is 5.60 Å². The van der Waals surface area contributed by atoms with E-state index in [1.807, 2.05) is 33.8 Å². The summed E-state index contributed by atoms with van der Waals surface area (Å²) in [6.07, 6.45) is 1.91. The molecule has 16 heavy (non-hydrogen) atoms. The minimum absolute atomic E-state index is 0.197. The zero-order valence-corrected chi connectivity index (χ0v) is 13.4. The molecular weight excluding hydrogens is 216 g/mol. The summed E-state index contributed by atoms with van der Waals surface area (Å²) in [5, 5.41) is 0.197. The first-order chi connectivity index (χ1) is 6.89. The second kappa shape index (κ2) is 4.82. The van der Waals surface area contributed by atoms with Crippen molar-refractivity contribution in [1.29, 1.82) is 0 Å². The quantitative estimate of drug-likeness (QED) is 0.530. The number of hydrogen-bond donors (Lipinski definition) is 0. The molecule has 0 saturated carbocycles. The molecule has 0 amide bonds. The molecule has 0 aliphatic heterocycles. The van der Waals surface area contributed by atoms with Crippen LogP contribution in [0.5, 0.6) is 0 Å². The van der Waals surface area contributed by atoms with Crippen LogP contribution in [0.4, 0.5) is 0 Å². The fraction of sp³-hybridized carbons (Fsp3) is 0.846. The van der Waals surface area contributed by atoms with Gasteiger partial charge in [-0.3, -0.25) is 0 Å². The summed E-state index contributed by atoms with van der Waals surface area (Å²) in [5.41, 5.74) is -0.204. The molecular formula is C13H28O2Si. The molecule has 0 aliphatic carbocycles. The van der Waals surface area contributed by atoms with Crippen LogP contribution >= 0.6 is 0 Å². The van der Waals surface area contributed by atoms with Crippen molar-refractivity contribution in [2.24, 2.45) is 0 Å². The van der Waals surface area contributed by atoms with Gasteiger partial charge in [-0.25, -0.2) is 0 Å². The van der Waals surface area contributed by atoms with E-state index in [9.17, 15) is 0 Å². The lowest BCUT2D eigenvalue weighted by atomic mass is 10.2. The third-order valence-electron chi connectivity index (χ3n) is 2.80. The van der Waals surface area contributed by atoms with Gasteiger partial charge in [0.05, 0.1) is 0 Å². The Morgan fingerprint density at radius 2 is 1.44 bits per heavy atom. The summed E-state index contributed by atoms with van der Waals surface area (Å²) >= 11 is 0. The first kappa shape index (κ1) is 15.6. The highest BCUT2D eigenvalue weighted by Gasteiger charge is 2.40. The normalized spacial score (nSPS) is 14.9. The summed E-state index contributed by atoms with van der Waals surface area (Å²) < 4.78 is 11.9. The van der Waals surface area contributed by atoms with Crippen molar-refractivity contribution in [2.45, 2.75) is 72.2 Å². The zero-order chi connectivity index (χ0) is 13.2. The van der Waals surface area contributed by atoms with Crippen LogP contribution in [-0.2, 0) is 9.16 Å². The van der Waals surface area contributed by atoms with Gasteiger partial charge in [0.25, 0.3) is 14.3 Å². The van der Waals surface area contributed by atoms with Gasteiger partial charge in [-0.15, -0.1) is 0 Å². The Morgan fingerprint density at radius 3 is 1.69 bits per heavy atom. The molecule has 0 saturated heterocycles. The largest absolute Gasteiger partial charge is 0.519 e. The van der Waals surface area contributed by atoms with Gasteiger partial charge in [-0.2, -0.15) is 0 Å². The first-order valence-electron chi connectivity index (χ1n) is 5.93. The molecule has 0 aromatic carbocycles. The third-order valence-corrected chi connectivity index (χ3v) is 7.13. The van der Waals surface area contributed by atoms with Crippen LogP contribution in [0.3, 0.4) is 0 Å². The van der Waals surface area contributed by atoms with Crippen LogP contribution in [0.2, 0.25) is 18.1 Å². The summed E-state index contributed by atoms with van der Waals surface area (Å²) in [7, 11) is -1.78. The van der Waals surface area contributed by atoms with Crippen molar-refractivity contribution in [2.75, 3.05) is 0 Å². The summed E-state index contributed by atoms with van der Waals surface area (Å²) in [4.78, 5) is 0. The molecule has 0 radical (unpaired) electrons. The van der Waals surface area contributed by atoms with Crippen LogP contribution in [-0.4, -0.2) is 13.9 Å². The maximum Gasteiger partial charge on any atom is 0.261 e. The van der Waals surface area contributed by atoms with Gasteiger partial charge in [-0.05, 0) is 51.9 Å². The molecule has 0 bridgehead atoms. The highest BCUT2D eigenvalue weighted by atomic mass is 28.4. The van der Waals surface area contributed by atoms with Gasteiger partial charge in [0, 0.05) is 0 Å². The number of hydrogen-bond acceptors (Lipinski definition) is 2. The van der Waals surface area contributed by atoms with Crippen molar-refractivity contribution in [3.63, 3.8) is 0 Å². The topological polar surface area (TPSA) is 18.5 Å². The van der Waals surface area contributed by atoms with Crippen LogP contribution in [0.1, 0.15) is 48.5 Å². The number of allylic oxidation sites excluding steroid dienone is 1. The molecule has 0 heterocycles. The molecule has 0 aromatic heterocycles. The molecule has 0 aromatic rings. The Hall–Kier alpha value is -0.443. The van der Waals surface area contributed by atoms with Crippen molar-refractivity contribution in [3.8, 4) is 0 Å². The van der Waals surface area contributed by atoms with Gasteiger partial charge in [-0.1, -0.05) is 20.8 Å². The van der Waals surface area contributed by atoms with Crippen LogP contribution < -0.4 is 0 Å². The molecule has 0 unspecified atom stereocenters. The van der Waals surface area contributed by atoms with Gasteiger partial charge in [0.15, 0.2) is 0 Å². The lowest BCUT2D eigenvalue weighted by molar-refractivity contribution is -0.0105. The summed E-state index contributed by atoms with van der Waals surface area (Å²) in [6, 6.07) is 0. The monoisotopic (exact) mass is 244 g/mol. The fourth-order valence-corrected chi connectivity index (χ4v) is 1.81. The first-order valence-corrected chi connectivity index (χ1v) is 8.84. The van der Waals surface area contributed by atoms with Crippen molar-refractivity contribution < 1.29 is 9.16 Å². The van der Waals surface area contributed by atoms with Gasteiger partial charge in [0.2, 0.25) is 0 Å². The highest BCUT2D eigenvalue weighted by molar-refractivity contribution is 6.74. The van der Waals surface area contributed by atoms with Crippen LogP contribution in [0.25, 0.3) is 0 Å². The van der Waals surface area contributed by atoms with E-state index in [-0.39, 0.29) is 10.6 Å². The molecule has 0 atom stereocenters. The number of ether oxygens (including phenoxy) is 1. The molecule has 0 aliphatic rings. The average Bonchev–Trinajstić information content (AvgIpc) is 1.97. The van der Waals surface area contributed by atoms with Crippen molar-refractivity contribution in [3.05, 3.63) is 12.0 Å². The standard InChI is InChI=1S/C13H28O2Si/c1-10-11(14-12(2,3)4)15-16(8,9)13(5,6)7/h10H,1-9H3/b11-10-. The smallest absolute Gasteiger partial charge is 0.261 e. The lowest BCUT2D eigenvalue weighted by Crippen LogP contribution is -2.41. The molecule has 3 heteroatoms. The second-order valence-corrected chi connectivity index (χ2v) is 11.4. The van der Waals surface area contributed by atoms with E-state index in [1.165, 1.54) is 0 Å². The molecule has 0 rings (SSSR count). The van der Waals surface area contributed by atoms with E-state index in [2.05, 4.69) is 33.9 Å².